The fourth-order valence-corrected chi connectivity index (χ4v) is 2.47. The average Bonchev–Trinajstić information content (AvgIpc) is 2.26. The van der Waals surface area contributed by atoms with Crippen molar-refractivity contribution in [2.45, 2.75) is 43.8 Å². The van der Waals surface area contributed by atoms with Gasteiger partial charge in [-0.05, 0) is 32.7 Å². The van der Waals surface area contributed by atoms with Crippen LogP contribution in [0.5, 0.6) is 0 Å². The molecule has 11 heavy (non-hydrogen) atoms. The van der Waals surface area contributed by atoms with Gasteiger partial charge in [-0.3, -0.25) is 0 Å². The second kappa shape index (κ2) is 2.55. The Morgan fingerprint density at radius 3 is 2.27 bits per heavy atom. The van der Waals surface area contributed by atoms with Crippen LogP contribution in [-0.4, -0.2) is 30.1 Å². The Morgan fingerprint density at radius 1 is 1.27 bits per heavy atom. The third-order valence-electron chi connectivity index (χ3n) is 3.22. The van der Waals surface area contributed by atoms with E-state index in [0.29, 0.717) is 12.1 Å². The van der Waals surface area contributed by atoms with E-state index in [1.165, 1.54) is 12.8 Å². The molecule has 0 amide bonds. The van der Waals surface area contributed by atoms with Gasteiger partial charge in [-0.2, -0.15) is 4.91 Å². The Hall–Kier alpha value is -0.440. The summed E-state index contributed by atoms with van der Waals surface area (Å²) in [5.41, 5.74) is 0. The molecule has 2 bridgehead atoms. The highest BCUT2D eigenvalue weighted by molar-refractivity contribution is 4.95. The van der Waals surface area contributed by atoms with Crippen molar-refractivity contribution in [2.24, 2.45) is 5.18 Å². The number of piperidine rings is 1. The zero-order chi connectivity index (χ0) is 7.84. The van der Waals surface area contributed by atoms with Crippen LogP contribution in [0.3, 0.4) is 0 Å². The summed E-state index contributed by atoms with van der Waals surface area (Å²) < 4.78 is 0. The van der Waals surface area contributed by atoms with Crippen LogP contribution in [0.15, 0.2) is 5.18 Å². The van der Waals surface area contributed by atoms with Crippen LogP contribution in [0.25, 0.3) is 0 Å². The Bertz CT molecular complexity index is 157. The third-order valence-corrected chi connectivity index (χ3v) is 3.22. The molecule has 0 N–H and O–H groups in total. The summed E-state index contributed by atoms with van der Waals surface area (Å²) in [6.07, 6.45) is 4.54. The molecule has 0 aliphatic carbocycles. The monoisotopic (exact) mass is 154 g/mol. The first-order valence-electron chi connectivity index (χ1n) is 4.35. The standard InChI is InChI=1S/C8H14N2O/c1-10-7-2-3-8(10)5-6(4-7)9-11/h6-8H,2-5H2,1H3. The van der Waals surface area contributed by atoms with Gasteiger partial charge in [0.25, 0.3) is 0 Å². The Morgan fingerprint density at radius 2 is 1.82 bits per heavy atom. The number of hydrogen-bond acceptors (Lipinski definition) is 3. The summed E-state index contributed by atoms with van der Waals surface area (Å²) in [7, 11) is 2.17. The number of hydrogen-bond donors (Lipinski definition) is 0. The fourth-order valence-electron chi connectivity index (χ4n) is 2.47. The van der Waals surface area contributed by atoms with Gasteiger partial charge in [-0.15, -0.1) is 0 Å². The van der Waals surface area contributed by atoms with Crippen LogP contribution in [0.4, 0.5) is 0 Å². The smallest absolute Gasteiger partial charge is 0.0949 e. The maximum Gasteiger partial charge on any atom is 0.0949 e. The lowest BCUT2D eigenvalue weighted by atomic mass is 9.99. The minimum Gasteiger partial charge on any atom is -0.300 e. The van der Waals surface area contributed by atoms with E-state index in [9.17, 15) is 4.91 Å². The van der Waals surface area contributed by atoms with Gasteiger partial charge >= 0.3 is 0 Å². The molecule has 0 saturated carbocycles. The third kappa shape index (κ3) is 1.07. The molecule has 2 unspecified atom stereocenters. The molecule has 0 radical (unpaired) electrons. The first-order chi connectivity index (χ1) is 5.31. The van der Waals surface area contributed by atoms with Crippen LogP contribution < -0.4 is 0 Å². The van der Waals surface area contributed by atoms with Crippen LogP contribution in [0, 0.1) is 4.91 Å². The normalized spacial score (nSPS) is 44.3. The maximum atomic E-state index is 10.3. The van der Waals surface area contributed by atoms with Crippen LogP contribution in [-0.2, 0) is 0 Å². The van der Waals surface area contributed by atoms with E-state index in [2.05, 4.69) is 17.1 Å². The van der Waals surface area contributed by atoms with Gasteiger partial charge in [0, 0.05) is 12.1 Å². The molecule has 2 saturated heterocycles. The van der Waals surface area contributed by atoms with Crippen molar-refractivity contribution < 1.29 is 0 Å². The van der Waals surface area contributed by atoms with E-state index in [1.807, 2.05) is 0 Å². The summed E-state index contributed by atoms with van der Waals surface area (Å²) in [5.74, 6) is 0. The van der Waals surface area contributed by atoms with Gasteiger partial charge in [0.1, 0.15) is 0 Å². The number of fused-ring (bicyclic) bond motifs is 2. The van der Waals surface area contributed by atoms with E-state index in [0.717, 1.165) is 12.8 Å². The SMILES string of the molecule is CN1C2CCC1CC(N=O)C2. The second-order valence-corrected chi connectivity index (χ2v) is 3.78. The topological polar surface area (TPSA) is 32.7 Å². The van der Waals surface area contributed by atoms with Crippen molar-refractivity contribution in [2.75, 3.05) is 7.05 Å². The van der Waals surface area contributed by atoms with Crippen molar-refractivity contribution >= 4 is 0 Å². The highest BCUT2D eigenvalue weighted by atomic mass is 16.3. The molecule has 3 nitrogen and oxygen atoms in total. The van der Waals surface area contributed by atoms with E-state index in [4.69, 9.17) is 0 Å². The molecule has 2 heterocycles. The van der Waals surface area contributed by atoms with Gasteiger partial charge in [0.15, 0.2) is 0 Å². The highest BCUT2D eigenvalue weighted by Gasteiger charge is 2.38. The molecular weight excluding hydrogens is 140 g/mol. The summed E-state index contributed by atoms with van der Waals surface area (Å²) in [6, 6.07) is 1.41. The van der Waals surface area contributed by atoms with E-state index in [1.54, 1.807) is 0 Å². The van der Waals surface area contributed by atoms with Crippen LogP contribution in [0.2, 0.25) is 0 Å². The quantitative estimate of drug-likeness (QED) is 0.534. The zero-order valence-corrected chi connectivity index (χ0v) is 6.86. The van der Waals surface area contributed by atoms with Crippen molar-refractivity contribution in [1.29, 1.82) is 0 Å². The molecule has 0 aromatic heterocycles. The van der Waals surface area contributed by atoms with Gasteiger partial charge < -0.3 is 4.90 Å². The maximum absolute atomic E-state index is 10.3. The number of nitroso groups, excluding NO2 is 1. The molecule has 2 rings (SSSR count). The van der Waals surface area contributed by atoms with E-state index < -0.39 is 0 Å². The summed E-state index contributed by atoms with van der Waals surface area (Å²) in [5, 5.41) is 3.15. The fraction of sp³-hybridized carbons (Fsp3) is 1.00. The molecule has 3 heteroatoms. The second-order valence-electron chi connectivity index (χ2n) is 3.78. The van der Waals surface area contributed by atoms with Crippen molar-refractivity contribution in [3.05, 3.63) is 4.91 Å². The minimum absolute atomic E-state index is 0.115. The minimum atomic E-state index is 0.115. The number of rotatable bonds is 1. The molecule has 2 atom stereocenters. The van der Waals surface area contributed by atoms with E-state index >= 15 is 0 Å². The summed E-state index contributed by atoms with van der Waals surface area (Å²) in [4.78, 5) is 12.7. The Kier molecular flexibility index (Phi) is 1.68. The lowest BCUT2D eigenvalue weighted by Gasteiger charge is -2.33. The molecule has 0 aromatic carbocycles. The number of nitrogens with zero attached hydrogens (tertiary/aromatic N) is 2. The Labute approximate surface area is 66.7 Å². The molecule has 2 aliphatic rings. The Balaban J connectivity index is 2.07. The zero-order valence-electron chi connectivity index (χ0n) is 6.86. The lowest BCUT2D eigenvalue weighted by molar-refractivity contribution is 0.163. The molecule has 0 spiro atoms. The van der Waals surface area contributed by atoms with Gasteiger partial charge in [0.2, 0.25) is 0 Å². The van der Waals surface area contributed by atoms with Crippen molar-refractivity contribution in [3.63, 3.8) is 0 Å². The van der Waals surface area contributed by atoms with Crippen LogP contribution in [0.1, 0.15) is 25.7 Å². The van der Waals surface area contributed by atoms with Gasteiger partial charge in [-0.1, -0.05) is 5.18 Å². The average molecular weight is 154 g/mol. The predicted molar refractivity (Wildman–Crippen MR) is 43.4 cm³/mol. The molecule has 2 aliphatic heterocycles. The van der Waals surface area contributed by atoms with Crippen LogP contribution >= 0.6 is 0 Å². The molecule has 0 aromatic rings. The molecule has 2 fully saturated rings. The van der Waals surface area contributed by atoms with Gasteiger partial charge in [0.05, 0.1) is 6.04 Å². The van der Waals surface area contributed by atoms with E-state index in [-0.39, 0.29) is 6.04 Å². The largest absolute Gasteiger partial charge is 0.300 e. The van der Waals surface area contributed by atoms with Gasteiger partial charge in [-0.25, -0.2) is 0 Å². The van der Waals surface area contributed by atoms with Crippen molar-refractivity contribution in [1.82, 2.24) is 4.90 Å². The predicted octanol–water partition coefficient (Wildman–Crippen LogP) is 1.38. The highest BCUT2D eigenvalue weighted by Crippen LogP contribution is 2.35. The lowest BCUT2D eigenvalue weighted by Crippen LogP contribution is -2.41. The first-order valence-corrected chi connectivity index (χ1v) is 4.35. The summed E-state index contributed by atoms with van der Waals surface area (Å²) in [6.45, 7) is 0. The molecular formula is C8H14N2O. The molecule has 62 valence electrons. The first kappa shape index (κ1) is 7.22. The van der Waals surface area contributed by atoms with Crippen molar-refractivity contribution in [3.8, 4) is 0 Å². The summed E-state index contributed by atoms with van der Waals surface area (Å²) >= 11 is 0.